The molecule has 0 saturated carbocycles. The highest BCUT2D eigenvalue weighted by Gasteiger charge is 2.14. The lowest BCUT2D eigenvalue weighted by Gasteiger charge is -2.19. The van der Waals surface area contributed by atoms with Gasteiger partial charge in [-0.2, -0.15) is 0 Å². The SMILES string of the molecule is CC(C)(C)OC(=O)NC/C=C/CNCc1ccc(O)c(Cl)c1. The van der Waals surface area contributed by atoms with E-state index < -0.39 is 11.7 Å². The number of halogens is 1. The predicted molar refractivity (Wildman–Crippen MR) is 88.2 cm³/mol. The summed E-state index contributed by atoms with van der Waals surface area (Å²) < 4.78 is 5.11. The van der Waals surface area contributed by atoms with Gasteiger partial charge in [0, 0.05) is 19.6 Å². The number of hydrogen-bond acceptors (Lipinski definition) is 4. The summed E-state index contributed by atoms with van der Waals surface area (Å²) in [5.41, 5.74) is 0.504. The van der Waals surface area contributed by atoms with Gasteiger partial charge in [-0.25, -0.2) is 4.79 Å². The summed E-state index contributed by atoms with van der Waals surface area (Å²) in [5.74, 6) is 0.0820. The molecule has 1 aromatic rings. The minimum atomic E-state index is -0.485. The molecule has 5 nitrogen and oxygen atoms in total. The van der Waals surface area contributed by atoms with Crippen molar-refractivity contribution in [3.8, 4) is 5.75 Å². The Hall–Kier alpha value is -1.72. The van der Waals surface area contributed by atoms with Crippen LogP contribution in [0.3, 0.4) is 0 Å². The van der Waals surface area contributed by atoms with Crippen molar-refractivity contribution in [3.63, 3.8) is 0 Å². The molecule has 6 heteroatoms. The topological polar surface area (TPSA) is 70.6 Å². The maximum absolute atomic E-state index is 11.4. The number of carbonyl (C=O) groups excluding carboxylic acids is 1. The molecule has 22 heavy (non-hydrogen) atoms. The quantitative estimate of drug-likeness (QED) is 0.554. The second-order valence-corrected chi connectivity index (χ2v) is 6.18. The van der Waals surface area contributed by atoms with Gasteiger partial charge in [0.2, 0.25) is 0 Å². The van der Waals surface area contributed by atoms with Crippen LogP contribution < -0.4 is 10.6 Å². The number of rotatable bonds is 6. The first-order chi connectivity index (χ1) is 10.3. The normalized spacial score (nSPS) is 11.6. The largest absolute Gasteiger partial charge is 0.506 e. The fourth-order valence-corrected chi connectivity index (χ4v) is 1.79. The van der Waals surface area contributed by atoms with Crippen molar-refractivity contribution in [1.29, 1.82) is 0 Å². The summed E-state index contributed by atoms with van der Waals surface area (Å²) in [6.45, 7) is 7.19. The van der Waals surface area contributed by atoms with E-state index in [1.807, 2.05) is 39.0 Å². The second-order valence-electron chi connectivity index (χ2n) is 5.77. The molecule has 122 valence electrons. The predicted octanol–water partition coefficient (Wildman–Crippen LogP) is 3.22. The van der Waals surface area contributed by atoms with E-state index in [0.29, 0.717) is 24.7 Å². The molecule has 0 spiro atoms. The van der Waals surface area contributed by atoms with Crippen LogP contribution in [0.2, 0.25) is 5.02 Å². The minimum Gasteiger partial charge on any atom is -0.506 e. The van der Waals surface area contributed by atoms with E-state index in [-0.39, 0.29) is 5.75 Å². The van der Waals surface area contributed by atoms with Crippen molar-refractivity contribution in [2.75, 3.05) is 13.1 Å². The zero-order valence-electron chi connectivity index (χ0n) is 13.1. The second kappa shape index (κ2) is 8.66. The molecule has 1 aromatic carbocycles. The molecule has 1 amide bonds. The Kier molecular flexibility index (Phi) is 7.21. The Morgan fingerprint density at radius 3 is 2.64 bits per heavy atom. The zero-order chi connectivity index (χ0) is 16.6. The molecule has 0 aliphatic rings. The van der Waals surface area contributed by atoms with Gasteiger partial charge >= 0.3 is 6.09 Å². The fraction of sp³-hybridized carbons (Fsp3) is 0.438. The molecule has 0 atom stereocenters. The van der Waals surface area contributed by atoms with E-state index in [4.69, 9.17) is 16.3 Å². The number of amides is 1. The van der Waals surface area contributed by atoms with Gasteiger partial charge in [-0.05, 0) is 38.5 Å². The van der Waals surface area contributed by atoms with Gasteiger partial charge < -0.3 is 20.5 Å². The summed E-state index contributed by atoms with van der Waals surface area (Å²) in [5, 5.41) is 15.5. The lowest BCUT2D eigenvalue weighted by Crippen LogP contribution is -2.32. The molecule has 0 saturated heterocycles. The van der Waals surface area contributed by atoms with Gasteiger partial charge in [0.05, 0.1) is 5.02 Å². The molecule has 0 bridgehead atoms. The molecule has 0 unspecified atom stereocenters. The van der Waals surface area contributed by atoms with E-state index in [1.54, 1.807) is 12.1 Å². The van der Waals surface area contributed by atoms with Crippen LogP contribution in [-0.2, 0) is 11.3 Å². The molecule has 1 rings (SSSR count). The molecule has 0 aliphatic carbocycles. The van der Waals surface area contributed by atoms with Gasteiger partial charge in [0.15, 0.2) is 0 Å². The highest BCUT2D eigenvalue weighted by Crippen LogP contribution is 2.23. The van der Waals surface area contributed by atoms with E-state index in [2.05, 4.69) is 10.6 Å². The van der Waals surface area contributed by atoms with Gasteiger partial charge in [-0.3, -0.25) is 0 Å². The standard InChI is InChI=1S/C16H23ClN2O3/c1-16(2,3)22-15(21)19-9-5-4-8-18-11-12-6-7-14(20)13(17)10-12/h4-7,10,18,20H,8-9,11H2,1-3H3,(H,19,21)/b5-4+. The van der Waals surface area contributed by atoms with E-state index >= 15 is 0 Å². The number of phenols is 1. The maximum atomic E-state index is 11.4. The van der Waals surface area contributed by atoms with Gasteiger partial charge in [-0.1, -0.05) is 29.8 Å². The fourth-order valence-electron chi connectivity index (χ4n) is 1.58. The van der Waals surface area contributed by atoms with Crippen LogP contribution in [0.5, 0.6) is 5.75 Å². The van der Waals surface area contributed by atoms with Gasteiger partial charge in [0.25, 0.3) is 0 Å². The van der Waals surface area contributed by atoms with Crippen LogP contribution in [0.25, 0.3) is 0 Å². The van der Waals surface area contributed by atoms with Crippen molar-refractivity contribution in [1.82, 2.24) is 10.6 Å². The molecule has 0 aromatic heterocycles. The van der Waals surface area contributed by atoms with Crippen LogP contribution >= 0.6 is 11.6 Å². The van der Waals surface area contributed by atoms with Crippen LogP contribution in [0, 0.1) is 0 Å². The third-order valence-electron chi connectivity index (χ3n) is 2.53. The van der Waals surface area contributed by atoms with E-state index in [1.165, 1.54) is 0 Å². The smallest absolute Gasteiger partial charge is 0.407 e. The third-order valence-corrected chi connectivity index (χ3v) is 2.84. The first kappa shape index (κ1) is 18.3. The monoisotopic (exact) mass is 326 g/mol. The number of aromatic hydroxyl groups is 1. The Morgan fingerprint density at radius 1 is 1.32 bits per heavy atom. The lowest BCUT2D eigenvalue weighted by atomic mass is 10.2. The molecule has 0 radical (unpaired) electrons. The van der Waals surface area contributed by atoms with Gasteiger partial charge in [-0.15, -0.1) is 0 Å². The zero-order valence-corrected chi connectivity index (χ0v) is 13.9. The Morgan fingerprint density at radius 2 is 2.00 bits per heavy atom. The number of hydrogen-bond donors (Lipinski definition) is 3. The third kappa shape index (κ3) is 7.90. The summed E-state index contributed by atoms with van der Waals surface area (Å²) in [7, 11) is 0. The average molecular weight is 327 g/mol. The number of ether oxygens (including phenoxy) is 1. The minimum absolute atomic E-state index is 0.0820. The molecule has 0 heterocycles. The molecular formula is C16H23ClN2O3. The Bertz CT molecular complexity index is 525. The van der Waals surface area contributed by atoms with Crippen LogP contribution in [-0.4, -0.2) is 29.9 Å². The maximum Gasteiger partial charge on any atom is 0.407 e. The molecule has 0 fully saturated rings. The Balaban J connectivity index is 2.16. The number of alkyl carbamates (subject to hydrolysis) is 1. The van der Waals surface area contributed by atoms with Gasteiger partial charge in [0.1, 0.15) is 11.4 Å². The number of phenolic OH excluding ortho intramolecular Hbond substituents is 1. The van der Waals surface area contributed by atoms with Crippen LogP contribution in [0.4, 0.5) is 4.79 Å². The first-order valence-corrected chi connectivity index (χ1v) is 7.46. The number of nitrogens with one attached hydrogen (secondary N) is 2. The first-order valence-electron chi connectivity index (χ1n) is 7.08. The summed E-state index contributed by atoms with van der Waals surface area (Å²) in [6, 6.07) is 5.10. The summed E-state index contributed by atoms with van der Waals surface area (Å²) >= 11 is 5.83. The number of benzene rings is 1. The molecule has 0 aliphatic heterocycles. The van der Waals surface area contributed by atoms with Crippen LogP contribution in [0.15, 0.2) is 30.4 Å². The van der Waals surface area contributed by atoms with Crippen molar-refractivity contribution in [2.45, 2.75) is 32.9 Å². The van der Waals surface area contributed by atoms with Crippen molar-refractivity contribution in [2.24, 2.45) is 0 Å². The van der Waals surface area contributed by atoms with Crippen molar-refractivity contribution in [3.05, 3.63) is 40.9 Å². The summed E-state index contributed by atoms with van der Waals surface area (Å²) in [6.07, 6.45) is 3.34. The van der Waals surface area contributed by atoms with Crippen molar-refractivity contribution >= 4 is 17.7 Å². The highest BCUT2D eigenvalue weighted by atomic mass is 35.5. The molecular weight excluding hydrogens is 304 g/mol. The van der Waals surface area contributed by atoms with Crippen molar-refractivity contribution < 1.29 is 14.6 Å². The molecule has 3 N–H and O–H groups in total. The Labute approximate surface area is 136 Å². The highest BCUT2D eigenvalue weighted by molar-refractivity contribution is 6.32. The number of carbonyl (C=O) groups is 1. The average Bonchev–Trinajstić information content (AvgIpc) is 2.39. The van der Waals surface area contributed by atoms with E-state index in [9.17, 15) is 9.90 Å². The van der Waals surface area contributed by atoms with Crippen LogP contribution in [0.1, 0.15) is 26.3 Å². The van der Waals surface area contributed by atoms with E-state index in [0.717, 1.165) is 5.56 Å². The lowest BCUT2D eigenvalue weighted by molar-refractivity contribution is 0.0534. The summed E-state index contributed by atoms with van der Waals surface area (Å²) in [4.78, 5) is 11.4.